The molecule has 1 N–H and O–H groups in total. The van der Waals surface area contributed by atoms with Gasteiger partial charge in [-0.3, -0.25) is 4.79 Å². The van der Waals surface area contributed by atoms with E-state index < -0.39 is 17.7 Å². The molecule has 18 heavy (non-hydrogen) atoms. The summed E-state index contributed by atoms with van der Waals surface area (Å²) < 4.78 is 26.3. The van der Waals surface area contributed by atoms with E-state index in [9.17, 15) is 13.6 Å². The Morgan fingerprint density at radius 2 is 2.00 bits per heavy atom. The van der Waals surface area contributed by atoms with Gasteiger partial charge < -0.3 is 5.32 Å². The molecule has 1 aromatic heterocycles. The van der Waals surface area contributed by atoms with E-state index in [1.807, 2.05) is 0 Å². The number of carbonyl (C=O) groups excluding carboxylic acids is 1. The van der Waals surface area contributed by atoms with E-state index in [1.165, 1.54) is 24.3 Å². The van der Waals surface area contributed by atoms with Gasteiger partial charge in [0, 0.05) is 0 Å². The van der Waals surface area contributed by atoms with Crippen LogP contribution in [0.5, 0.6) is 0 Å². The van der Waals surface area contributed by atoms with Gasteiger partial charge >= 0.3 is 0 Å². The Morgan fingerprint density at radius 3 is 2.72 bits per heavy atom. The van der Waals surface area contributed by atoms with Crippen molar-refractivity contribution in [1.29, 1.82) is 0 Å². The Labute approximate surface area is 102 Å². The van der Waals surface area contributed by atoms with Gasteiger partial charge in [0.25, 0.3) is 5.91 Å². The number of carbonyl (C=O) groups is 1. The first-order valence-corrected chi connectivity index (χ1v) is 5.26. The molecule has 5 heteroatoms. The maximum Gasteiger partial charge on any atom is 0.259 e. The van der Waals surface area contributed by atoms with Crippen molar-refractivity contribution in [3.63, 3.8) is 0 Å². The van der Waals surface area contributed by atoms with Crippen LogP contribution in [0, 0.1) is 18.7 Å². The Hall–Kier alpha value is -2.30. The van der Waals surface area contributed by atoms with E-state index in [2.05, 4.69) is 10.3 Å². The van der Waals surface area contributed by atoms with Crippen molar-refractivity contribution in [2.75, 3.05) is 5.32 Å². The lowest BCUT2D eigenvalue weighted by Crippen LogP contribution is -2.15. The van der Waals surface area contributed by atoms with Gasteiger partial charge in [0.15, 0.2) is 0 Å². The summed E-state index contributed by atoms with van der Waals surface area (Å²) in [6, 6.07) is 8.18. The first-order chi connectivity index (χ1) is 8.56. The standard InChI is InChI=1S/C13H10F2N2O/c1-8-5-6-10(14)9(7-8)13(18)17-12-4-2-3-11(15)16-12/h2-7H,1H3,(H,16,17,18). The molecular formula is C13H10F2N2O. The third kappa shape index (κ3) is 2.68. The molecule has 1 heterocycles. The lowest BCUT2D eigenvalue weighted by molar-refractivity contribution is 0.102. The summed E-state index contributed by atoms with van der Waals surface area (Å²) in [6.07, 6.45) is 0. The van der Waals surface area contributed by atoms with Gasteiger partial charge in [-0.2, -0.15) is 4.39 Å². The van der Waals surface area contributed by atoms with Crippen molar-refractivity contribution in [3.8, 4) is 0 Å². The summed E-state index contributed by atoms with van der Waals surface area (Å²) in [5.41, 5.74) is 0.662. The minimum Gasteiger partial charge on any atom is -0.306 e. The average Bonchev–Trinajstić information content (AvgIpc) is 2.32. The lowest BCUT2D eigenvalue weighted by Gasteiger charge is -2.06. The number of halogens is 2. The SMILES string of the molecule is Cc1ccc(F)c(C(=O)Nc2cccc(F)n2)c1. The van der Waals surface area contributed by atoms with Crippen molar-refractivity contribution in [3.05, 3.63) is 59.3 Å². The van der Waals surface area contributed by atoms with Crippen LogP contribution in [0.4, 0.5) is 14.6 Å². The summed E-state index contributed by atoms with van der Waals surface area (Å²) in [4.78, 5) is 15.3. The molecule has 92 valence electrons. The number of benzene rings is 1. The highest BCUT2D eigenvalue weighted by molar-refractivity contribution is 6.04. The van der Waals surface area contributed by atoms with Crippen molar-refractivity contribution in [2.45, 2.75) is 6.92 Å². The highest BCUT2D eigenvalue weighted by atomic mass is 19.1. The molecule has 0 fully saturated rings. The Kier molecular flexibility index (Phi) is 3.32. The first kappa shape index (κ1) is 12.2. The number of pyridine rings is 1. The topological polar surface area (TPSA) is 42.0 Å². The van der Waals surface area contributed by atoms with Crippen molar-refractivity contribution in [2.24, 2.45) is 0 Å². The van der Waals surface area contributed by atoms with Gasteiger partial charge in [-0.15, -0.1) is 0 Å². The summed E-state index contributed by atoms with van der Waals surface area (Å²) in [6.45, 7) is 1.75. The highest BCUT2D eigenvalue weighted by Crippen LogP contribution is 2.12. The van der Waals surface area contributed by atoms with Crippen molar-refractivity contribution in [1.82, 2.24) is 4.98 Å². The van der Waals surface area contributed by atoms with Crippen LogP contribution in [-0.2, 0) is 0 Å². The minimum atomic E-state index is -0.711. The fourth-order valence-electron chi connectivity index (χ4n) is 1.47. The first-order valence-electron chi connectivity index (χ1n) is 5.26. The smallest absolute Gasteiger partial charge is 0.259 e. The zero-order valence-electron chi connectivity index (χ0n) is 9.58. The van der Waals surface area contributed by atoms with Crippen LogP contribution < -0.4 is 5.32 Å². The van der Waals surface area contributed by atoms with Crippen molar-refractivity contribution < 1.29 is 13.6 Å². The van der Waals surface area contributed by atoms with E-state index >= 15 is 0 Å². The quantitative estimate of drug-likeness (QED) is 0.830. The van der Waals surface area contributed by atoms with Crippen LogP contribution in [0.25, 0.3) is 0 Å². The van der Waals surface area contributed by atoms with E-state index in [0.29, 0.717) is 0 Å². The zero-order valence-corrected chi connectivity index (χ0v) is 9.58. The van der Waals surface area contributed by atoms with Crippen LogP contribution in [0.3, 0.4) is 0 Å². The third-order valence-electron chi connectivity index (χ3n) is 2.32. The molecule has 0 aliphatic rings. The molecule has 0 spiro atoms. The molecule has 1 aromatic carbocycles. The number of nitrogens with one attached hydrogen (secondary N) is 1. The van der Waals surface area contributed by atoms with Crippen LogP contribution in [0.15, 0.2) is 36.4 Å². The number of hydrogen-bond donors (Lipinski definition) is 1. The predicted octanol–water partition coefficient (Wildman–Crippen LogP) is 2.92. The zero-order chi connectivity index (χ0) is 13.1. The Bertz CT molecular complexity index is 599. The number of hydrogen-bond acceptors (Lipinski definition) is 2. The van der Waals surface area contributed by atoms with E-state index in [4.69, 9.17) is 0 Å². The second-order valence-corrected chi connectivity index (χ2v) is 3.78. The molecule has 0 aliphatic heterocycles. The summed E-state index contributed by atoms with van der Waals surface area (Å²) >= 11 is 0. The highest BCUT2D eigenvalue weighted by Gasteiger charge is 2.12. The maximum atomic E-state index is 13.4. The van der Waals surface area contributed by atoms with Gasteiger partial charge in [-0.05, 0) is 31.2 Å². The van der Waals surface area contributed by atoms with Crippen LogP contribution in [0.2, 0.25) is 0 Å². The number of aromatic nitrogens is 1. The Balaban J connectivity index is 2.24. The van der Waals surface area contributed by atoms with Crippen LogP contribution >= 0.6 is 0 Å². The molecule has 0 bridgehead atoms. The number of amides is 1. The second kappa shape index (κ2) is 4.91. The largest absolute Gasteiger partial charge is 0.306 e. The van der Waals surface area contributed by atoms with Gasteiger partial charge in [-0.25, -0.2) is 9.37 Å². The molecule has 0 atom stereocenters. The molecule has 1 amide bonds. The molecule has 0 saturated carbocycles. The van der Waals surface area contributed by atoms with E-state index in [0.717, 1.165) is 11.6 Å². The fraction of sp³-hybridized carbons (Fsp3) is 0.0769. The molecule has 2 rings (SSSR count). The van der Waals surface area contributed by atoms with Crippen LogP contribution in [0.1, 0.15) is 15.9 Å². The molecule has 0 unspecified atom stereocenters. The predicted molar refractivity (Wildman–Crippen MR) is 63.3 cm³/mol. The second-order valence-electron chi connectivity index (χ2n) is 3.78. The Morgan fingerprint density at radius 1 is 1.22 bits per heavy atom. The van der Waals surface area contributed by atoms with Crippen molar-refractivity contribution >= 4 is 11.7 Å². The molecule has 0 radical (unpaired) electrons. The van der Waals surface area contributed by atoms with E-state index in [1.54, 1.807) is 13.0 Å². The van der Waals surface area contributed by atoms with Gasteiger partial charge in [0.05, 0.1) is 5.56 Å². The molecule has 0 aliphatic carbocycles. The molecule has 0 saturated heterocycles. The van der Waals surface area contributed by atoms with Crippen LogP contribution in [-0.4, -0.2) is 10.9 Å². The molecular weight excluding hydrogens is 238 g/mol. The number of aryl methyl sites for hydroxylation is 1. The van der Waals surface area contributed by atoms with E-state index in [-0.39, 0.29) is 11.4 Å². The molecule has 3 nitrogen and oxygen atoms in total. The number of nitrogens with zero attached hydrogens (tertiary/aromatic N) is 1. The molecule has 2 aromatic rings. The fourth-order valence-corrected chi connectivity index (χ4v) is 1.47. The van der Waals surface area contributed by atoms with Gasteiger partial charge in [0.2, 0.25) is 5.95 Å². The average molecular weight is 248 g/mol. The van der Waals surface area contributed by atoms with Gasteiger partial charge in [-0.1, -0.05) is 17.7 Å². The lowest BCUT2D eigenvalue weighted by atomic mass is 10.1. The maximum absolute atomic E-state index is 13.4. The third-order valence-corrected chi connectivity index (χ3v) is 2.32. The summed E-state index contributed by atoms with van der Waals surface area (Å²) in [7, 11) is 0. The van der Waals surface area contributed by atoms with Gasteiger partial charge in [0.1, 0.15) is 11.6 Å². The monoisotopic (exact) mass is 248 g/mol. The summed E-state index contributed by atoms with van der Waals surface area (Å²) in [5, 5.41) is 2.34. The normalized spacial score (nSPS) is 10.2. The minimum absolute atomic E-state index is 0.0425. The number of rotatable bonds is 2. The number of anilines is 1. The summed E-state index contributed by atoms with van der Waals surface area (Å²) in [5.74, 6) is -1.96.